The minimum atomic E-state index is -0.482. The number of non-ortho nitro benzene ring substituents is 1. The number of hydrogen-bond donors (Lipinski definition) is 2. The molecule has 0 spiro atoms. The zero-order valence-electron chi connectivity index (χ0n) is 15.7. The Kier molecular flexibility index (Phi) is 6.31. The molecule has 0 aliphatic rings. The number of aromatic nitrogens is 2. The molecule has 3 aromatic rings. The van der Waals surface area contributed by atoms with Crippen LogP contribution in [0.15, 0.2) is 59.7 Å². The normalized spacial score (nSPS) is 10.8. The van der Waals surface area contributed by atoms with Crippen molar-refractivity contribution in [2.24, 2.45) is 5.10 Å². The van der Waals surface area contributed by atoms with E-state index in [1.807, 2.05) is 31.2 Å². The molecular formula is C20H19N5O4. The van der Waals surface area contributed by atoms with Gasteiger partial charge in [0.15, 0.2) is 0 Å². The predicted molar refractivity (Wildman–Crippen MR) is 108 cm³/mol. The monoisotopic (exact) mass is 393 g/mol. The third-order valence-electron chi connectivity index (χ3n) is 3.93. The molecule has 9 heteroatoms. The van der Waals surface area contributed by atoms with Gasteiger partial charge in [0.25, 0.3) is 11.6 Å². The quantitative estimate of drug-likeness (QED) is 0.344. The number of amides is 1. The van der Waals surface area contributed by atoms with E-state index < -0.39 is 10.8 Å². The number of rotatable bonds is 8. The van der Waals surface area contributed by atoms with E-state index in [0.29, 0.717) is 23.6 Å². The van der Waals surface area contributed by atoms with Gasteiger partial charge in [-0.1, -0.05) is 19.1 Å². The molecule has 0 fully saturated rings. The average Bonchev–Trinajstić information content (AvgIpc) is 3.23. The summed E-state index contributed by atoms with van der Waals surface area (Å²) >= 11 is 0. The van der Waals surface area contributed by atoms with E-state index in [2.05, 4.69) is 20.7 Å². The van der Waals surface area contributed by atoms with E-state index in [9.17, 15) is 14.9 Å². The van der Waals surface area contributed by atoms with Crippen LogP contribution in [0.5, 0.6) is 5.75 Å². The minimum Gasteiger partial charge on any atom is -0.493 e. The number of para-hydroxylation sites is 1. The Labute approximate surface area is 166 Å². The summed E-state index contributed by atoms with van der Waals surface area (Å²) in [5, 5.41) is 21.4. The zero-order chi connectivity index (χ0) is 20.6. The van der Waals surface area contributed by atoms with Gasteiger partial charge in [0, 0.05) is 17.7 Å². The molecule has 9 nitrogen and oxygen atoms in total. The summed E-state index contributed by atoms with van der Waals surface area (Å²) in [6.45, 7) is 2.61. The fraction of sp³-hybridized carbons (Fsp3) is 0.150. The van der Waals surface area contributed by atoms with Crippen molar-refractivity contribution in [3.05, 3.63) is 76.0 Å². The van der Waals surface area contributed by atoms with Gasteiger partial charge in [0.2, 0.25) is 0 Å². The first-order valence-corrected chi connectivity index (χ1v) is 8.94. The highest BCUT2D eigenvalue weighted by Crippen LogP contribution is 2.28. The summed E-state index contributed by atoms with van der Waals surface area (Å²) in [7, 11) is 0. The number of ether oxygens (including phenoxy) is 1. The maximum Gasteiger partial charge on any atom is 0.289 e. The number of nitrogens with one attached hydrogen (secondary N) is 2. The number of nitrogens with zero attached hydrogens (tertiary/aromatic N) is 3. The smallest absolute Gasteiger partial charge is 0.289 e. The van der Waals surface area contributed by atoms with Gasteiger partial charge in [-0.05, 0) is 42.3 Å². The lowest BCUT2D eigenvalue weighted by molar-refractivity contribution is -0.384. The van der Waals surface area contributed by atoms with E-state index in [1.165, 1.54) is 30.5 Å². The Balaban J connectivity index is 1.66. The van der Waals surface area contributed by atoms with E-state index in [4.69, 9.17) is 4.74 Å². The summed E-state index contributed by atoms with van der Waals surface area (Å²) in [5.74, 6) is 0.234. The third-order valence-corrected chi connectivity index (χ3v) is 3.93. The van der Waals surface area contributed by atoms with E-state index >= 15 is 0 Å². The molecule has 0 aliphatic heterocycles. The number of H-pyrrole nitrogens is 1. The fourth-order valence-electron chi connectivity index (χ4n) is 2.50. The molecule has 1 aromatic heterocycles. The van der Waals surface area contributed by atoms with Crippen LogP contribution in [0.25, 0.3) is 11.3 Å². The molecule has 148 valence electrons. The van der Waals surface area contributed by atoms with Crippen molar-refractivity contribution in [3.8, 4) is 17.0 Å². The molecular weight excluding hydrogens is 374 g/mol. The molecule has 0 aliphatic carbocycles. The van der Waals surface area contributed by atoms with Crippen LogP contribution in [0, 0.1) is 10.1 Å². The van der Waals surface area contributed by atoms with Crippen LogP contribution in [0.1, 0.15) is 29.4 Å². The molecule has 0 saturated carbocycles. The SMILES string of the molecule is CCCOc1ccccc1-c1cc(C(=O)NN=Cc2ccc([N+](=O)[O-])cc2)[nH]n1. The lowest BCUT2D eigenvalue weighted by atomic mass is 10.1. The Hall–Kier alpha value is -4.01. The lowest BCUT2D eigenvalue weighted by Crippen LogP contribution is -2.18. The summed E-state index contributed by atoms with van der Waals surface area (Å²) in [4.78, 5) is 22.4. The second-order valence-corrected chi connectivity index (χ2v) is 6.06. The van der Waals surface area contributed by atoms with Gasteiger partial charge >= 0.3 is 0 Å². The van der Waals surface area contributed by atoms with Crippen LogP contribution in [-0.4, -0.2) is 33.8 Å². The number of nitro groups is 1. The molecule has 0 unspecified atom stereocenters. The van der Waals surface area contributed by atoms with Crippen molar-refractivity contribution < 1.29 is 14.5 Å². The first-order chi connectivity index (χ1) is 14.1. The standard InChI is InChI=1S/C20H19N5O4/c1-2-11-29-19-6-4-3-5-16(19)17-12-18(23-22-17)20(26)24-21-13-14-7-9-15(10-8-14)25(27)28/h3-10,12-13H,2,11H2,1H3,(H,22,23)(H,24,26). The van der Waals surface area contributed by atoms with Crippen molar-refractivity contribution in [1.82, 2.24) is 15.6 Å². The van der Waals surface area contributed by atoms with Crippen LogP contribution >= 0.6 is 0 Å². The lowest BCUT2D eigenvalue weighted by Gasteiger charge is -2.08. The van der Waals surface area contributed by atoms with Gasteiger partial charge < -0.3 is 4.74 Å². The largest absolute Gasteiger partial charge is 0.493 e. The minimum absolute atomic E-state index is 0.0145. The van der Waals surface area contributed by atoms with Gasteiger partial charge in [-0.25, -0.2) is 5.43 Å². The van der Waals surface area contributed by atoms with Gasteiger partial charge in [-0.15, -0.1) is 0 Å². The molecule has 2 aromatic carbocycles. The second kappa shape index (κ2) is 9.27. The summed E-state index contributed by atoms with van der Waals surface area (Å²) in [6.07, 6.45) is 2.28. The van der Waals surface area contributed by atoms with Crippen LogP contribution < -0.4 is 10.2 Å². The van der Waals surface area contributed by atoms with Crippen molar-refractivity contribution >= 4 is 17.8 Å². The highest BCUT2D eigenvalue weighted by molar-refractivity contribution is 5.94. The Morgan fingerprint density at radius 2 is 2.03 bits per heavy atom. The van der Waals surface area contributed by atoms with E-state index in [0.717, 1.165) is 12.0 Å². The van der Waals surface area contributed by atoms with E-state index in [1.54, 1.807) is 6.07 Å². The predicted octanol–water partition coefficient (Wildman–Crippen LogP) is 3.54. The van der Waals surface area contributed by atoms with Crippen LogP contribution in [0.4, 0.5) is 5.69 Å². The highest BCUT2D eigenvalue weighted by Gasteiger charge is 2.13. The Bertz CT molecular complexity index is 1030. The number of carbonyl (C=O) groups is 1. The van der Waals surface area contributed by atoms with E-state index in [-0.39, 0.29) is 11.4 Å². The molecule has 1 heterocycles. The van der Waals surface area contributed by atoms with Crippen LogP contribution in [0.3, 0.4) is 0 Å². The molecule has 0 radical (unpaired) electrons. The van der Waals surface area contributed by atoms with Gasteiger partial charge in [-0.3, -0.25) is 20.0 Å². The van der Waals surface area contributed by atoms with Crippen molar-refractivity contribution in [2.45, 2.75) is 13.3 Å². The van der Waals surface area contributed by atoms with Gasteiger partial charge in [0.05, 0.1) is 23.4 Å². The molecule has 0 atom stereocenters. The van der Waals surface area contributed by atoms with Crippen LogP contribution in [0.2, 0.25) is 0 Å². The Morgan fingerprint density at radius 1 is 1.28 bits per heavy atom. The number of aromatic amines is 1. The maximum absolute atomic E-state index is 12.3. The molecule has 2 N–H and O–H groups in total. The molecule has 3 rings (SSSR count). The number of benzene rings is 2. The number of hydrogen-bond acceptors (Lipinski definition) is 6. The van der Waals surface area contributed by atoms with Crippen molar-refractivity contribution in [1.29, 1.82) is 0 Å². The summed E-state index contributed by atoms with van der Waals surface area (Å²) in [5.41, 5.74) is 4.60. The maximum atomic E-state index is 12.3. The molecule has 29 heavy (non-hydrogen) atoms. The first-order valence-electron chi connectivity index (χ1n) is 8.94. The fourth-order valence-corrected chi connectivity index (χ4v) is 2.50. The van der Waals surface area contributed by atoms with Crippen molar-refractivity contribution in [2.75, 3.05) is 6.61 Å². The molecule has 1 amide bonds. The third kappa shape index (κ3) is 5.04. The Morgan fingerprint density at radius 3 is 2.76 bits per heavy atom. The molecule has 0 bridgehead atoms. The topological polar surface area (TPSA) is 123 Å². The number of nitro benzene ring substituents is 1. The average molecular weight is 393 g/mol. The summed E-state index contributed by atoms with van der Waals surface area (Å²) < 4.78 is 5.73. The highest BCUT2D eigenvalue weighted by atomic mass is 16.6. The summed E-state index contributed by atoms with van der Waals surface area (Å²) in [6, 6.07) is 14.9. The number of carbonyl (C=O) groups excluding carboxylic acids is 1. The zero-order valence-corrected chi connectivity index (χ0v) is 15.7. The first kappa shape index (κ1) is 19.7. The van der Waals surface area contributed by atoms with Crippen molar-refractivity contribution in [3.63, 3.8) is 0 Å². The van der Waals surface area contributed by atoms with Gasteiger partial charge in [0.1, 0.15) is 11.4 Å². The number of hydrazone groups is 1. The van der Waals surface area contributed by atoms with Gasteiger partial charge in [-0.2, -0.15) is 10.2 Å². The van der Waals surface area contributed by atoms with Crippen LogP contribution in [-0.2, 0) is 0 Å². The molecule has 0 saturated heterocycles. The second-order valence-electron chi connectivity index (χ2n) is 6.06.